The third-order valence-electron chi connectivity index (χ3n) is 4.77. The van der Waals surface area contributed by atoms with Gasteiger partial charge in [0.1, 0.15) is 5.82 Å². The molecule has 3 aromatic rings. The van der Waals surface area contributed by atoms with E-state index in [1.54, 1.807) is 0 Å². The van der Waals surface area contributed by atoms with Crippen LogP contribution in [0.4, 0.5) is 5.82 Å². The van der Waals surface area contributed by atoms with Gasteiger partial charge in [0.05, 0.1) is 11.4 Å². The Kier molecular flexibility index (Phi) is 3.87. The van der Waals surface area contributed by atoms with Crippen LogP contribution >= 0.6 is 0 Å². The van der Waals surface area contributed by atoms with Crippen LogP contribution in [0.15, 0.2) is 42.5 Å². The van der Waals surface area contributed by atoms with Gasteiger partial charge in [0.25, 0.3) is 0 Å². The van der Waals surface area contributed by atoms with Gasteiger partial charge in [0, 0.05) is 43.8 Å². The summed E-state index contributed by atoms with van der Waals surface area (Å²) in [5, 5.41) is 8.01. The highest BCUT2D eigenvalue weighted by molar-refractivity contribution is 5.78. The van der Waals surface area contributed by atoms with Crippen molar-refractivity contribution in [3.05, 3.63) is 48.2 Å². The zero-order chi connectivity index (χ0) is 17.4. The first-order chi connectivity index (χ1) is 12.1. The molecule has 6 nitrogen and oxygen atoms in total. The van der Waals surface area contributed by atoms with E-state index in [1.807, 2.05) is 53.7 Å². The Morgan fingerprint density at radius 3 is 2.76 bits per heavy atom. The molecule has 0 spiro atoms. The van der Waals surface area contributed by atoms with Gasteiger partial charge in [-0.3, -0.25) is 4.79 Å². The van der Waals surface area contributed by atoms with Crippen LogP contribution in [0.5, 0.6) is 0 Å². The zero-order valence-electron chi connectivity index (χ0n) is 14.4. The van der Waals surface area contributed by atoms with Crippen LogP contribution in [-0.4, -0.2) is 45.0 Å². The number of anilines is 1. The molecule has 128 valence electrons. The minimum Gasteiger partial charge on any atom is -0.368 e. The van der Waals surface area contributed by atoms with Gasteiger partial charge in [-0.2, -0.15) is 9.61 Å². The van der Waals surface area contributed by atoms with Crippen LogP contribution in [0.3, 0.4) is 0 Å². The van der Waals surface area contributed by atoms with E-state index in [0.717, 1.165) is 34.8 Å². The van der Waals surface area contributed by atoms with Gasteiger partial charge in [0.15, 0.2) is 5.65 Å². The Bertz CT molecular complexity index is 918. The Morgan fingerprint density at radius 2 is 2.04 bits per heavy atom. The Hall–Kier alpha value is -2.89. The molecule has 0 bridgehead atoms. The minimum absolute atomic E-state index is 0.214. The molecule has 1 N–H and O–H groups in total. The molecule has 1 aliphatic heterocycles. The van der Waals surface area contributed by atoms with E-state index in [2.05, 4.69) is 22.5 Å². The van der Waals surface area contributed by atoms with Crippen molar-refractivity contribution in [2.75, 3.05) is 18.9 Å². The van der Waals surface area contributed by atoms with E-state index < -0.39 is 0 Å². The maximum atomic E-state index is 11.7. The fourth-order valence-electron chi connectivity index (χ4n) is 3.30. The number of fused-ring (bicyclic) bond motifs is 1. The summed E-state index contributed by atoms with van der Waals surface area (Å²) in [5.41, 5.74) is 3.72. The van der Waals surface area contributed by atoms with Gasteiger partial charge in [-0.05, 0) is 13.3 Å². The monoisotopic (exact) mass is 335 g/mol. The van der Waals surface area contributed by atoms with Crippen molar-refractivity contribution in [3.8, 4) is 11.3 Å². The van der Waals surface area contributed by atoms with E-state index in [-0.39, 0.29) is 11.9 Å². The molecule has 0 saturated carbocycles. The zero-order valence-corrected chi connectivity index (χ0v) is 14.4. The number of hydrogen-bond donors (Lipinski definition) is 1. The lowest BCUT2D eigenvalue weighted by molar-refractivity contribution is -0.127. The number of hydrogen-bond acceptors (Lipinski definition) is 4. The number of aromatic nitrogens is 3. The van der Waals surface area contributed by atoms with Gasteiger partial charge in [-0.25, -0.2) is 4.98 Å². The van der Waals surface area contributed by atoms with Gasteiger partial charge in [-0.15, -0.1) is 0 Å². The number of nitrogens with one attached hydrogen (secondary N) is 1. The van der Waals surface area contributed by atoms with Crippen LogP contribution in [-0.2, 0) is 4.79 Å². The lowest BCUT2D eigenvalue weighted by Gasteiger charge is -2.21. The first-order valence-electron chi connectivity index (χ1n) is 8.54. The van der Waals surface area contributed by atoms with Crippen molar-refractivity contribution in [3.63, 3.8) is 0 Å². The second kappa shape index (κ2) is 6.20. The normalized spacial score (nSPS) is 17.4. The first kappa shape index (κ1) is 15.6. The maximum Gasteiger partial charge on any atom is 0.222 e. The quantitative estimate of drug-likeness (QED) is 0.796. The average Bonchev–Trinajstić information content (AvgIpc) is 3.16. The van der Waals surface area contributed by atoms with Gasteiger partial charge < -0.3 is 10.2 Å². The molecule has 3 heterocycles. The first-order valence-corrected chi connectivity index (χ1v) is 8.54. The fourth-order valence-corrected chi connectivity index (χ4v) is 3.30. The second-order valence-corrected chi connectivity index (χ2v) is 6.53. The van der Waals surface area contributed by atoms with E-state index >= 15 is 0 Å². The molecule has 4 rings (SSSR count). The number of carbonyl (C=O) groups is 1. The highest BCUT2D eigenvalue weighted by atomic mass is 16.2. The molecule has 6 heteroatoms. The number of likely N-dealkylation sites (N-methyl/N-ethyl adjacent to an activating group) is 1. The van der Waals surface area contributed by atoms with Crippen LogP contribution in [0, 0.1) is 6.92 Å². The summed E-state index contributed by atoms with van der Waals surface area (Å²) >= 11 is 0. The van der Waals surface area contributed by atoms with Gasteiger partial charge in [-0.1, -0.05) is 30.3 Å². The summed E-state index contributed by atoms with van der Waals surface area (Å²) in [7, 11) is 1.87. The summed E-state index contributed by atoms with van der Waals surface area (Å²) < 4.78 is 1.83. The van der Waals surface area contributed by atoms with Crippen molar-refractivity contribution in [2.24, 2.45) is 0 Å². The van der Waals surface area contributed by atoms with Gasteiger partial charge >= 0.3 is 0 Å². The molecule has 2 aromatic heterocycles. The molecule has 1 aromatic carbocycles. The topological polar surface area (TPSA) is 62.5 Å². The summed E-state index contributed by atoms with van der Waals surface area (Å²) in [6.45, 7) is 2.67. The maximum absolute atomic E-state index is 11.7. The molecule has 1 atom stereocenters. The molecule has 0 radical (unpaired) electrons. The molecular weight excluding hydrogens is 314 g/mol. The summed E-state index contributed by atoms with van der Waals surface area (Å²) in [5.74, 6) is 1.11. The van der Waals surface area contributed by atoms with E-state index in [9.17, 15) is 4.79 Å². The van der Waals surface area contributed by atoms with Crippen molar-refractivity contribution in [2.45, 2.75) is 25.8 Å². The number of likely N-dealkylation sites (tertiary alicyclic amines) is 1. The molecular formula is C19H21N5O. The van der Waals surface area contributed by atoms with Gasteiger partial charge in [0.2, 0.25) is 5.91 Å². The predicted octanol–water partition coefficient (Wildman–Crippen LogP) is 2.74. The van der Waals surface area contributed by atoms with E-state index in [0.29, 0.717) is 13.0 Å². The number of nitrogens with zero attached hydrogens (tertiary/aromatic N) is 4. The molecule has 1 fully saturated rings. The van der Waals surface area contributed by atoms with E-state index in [4.69, 9.17) is 4.98 Å². The van der Waals surface area contributed by atoms with Crippen LogP contribution in [0.25, 0.3) is 16.9 Å². The molecule has 0 aliphatic carbocycles. The second-order valence-electron chi connectivity index (χ2n) is 6.53. The summed E-state index contributed by atoms with van der Waals surface area (Å²) in [4.78, 5) is 18.3. The third-order valence-corrected chi connectivity index (χ3v) is 4.77. The molecule has 1 aliphatic rings. The van der Waals surface area contributed by atoms with Crippen molar-refractivity contribution >= 4 is 17.4 Å². The average molecular weight is 335 g/mol. The van der Waals surface area contributed by atoms with Crippen LogP contribution < -0.4 is 5.32 Å². The Morgan fingerprint density at radius 1 is 1.24 bits per heavy atom. The number of amides is 1. The van der Waals surface area contributed by atoms with Crippen LogP contribution in [0.2, 0.25) is 0 Å². The Labute approximate surface area is 146 Å². The molecule has 1 saturated heterocycles. The predicted molar refractivity (Wildman–Crippen MR) is 97.4 cm³/mol. The van der Waals surface area contributed by atoms with Crippen molar-refractivity contribution in [1.82, 2.24) is 19.5 Å². The lowest BCUT2D eigenvalue weighted by Crippen LogP contribution is -2.34. The molecule has 25 heavy (non-hydrogen) atoms. The lowest BCUT2D eigenvalue weighted by atomic mass is 10.1. The minimum atomic E-state index is 0.214. The largest absolute Gasteiger partial charge is 0.368 e. The Balaban J connectivity index is 1.68. The van der Waals surface area contributed by atoms with Crippen molar-refractivity contribution < 1.29 is 4.79 Å². The highest BCUT2D eigenvalue weighted by Gasteiger charge is 2.27. The number of benzene rings is 1. The highest BCUT2D eigenvalue weighted by Crippen LogP contribution is 2.23. The summed E-state index contributed by atoms with van der Waals surface area (Å²) in [6, 6.07) is 14.3. The standard InChI is InChI=1S/C19H21N5O/c1-13-10-18-21-16(14-6-4-3-5-7-14)11-17(24(18)22-13)20-12-15-8-9-19(25)23(15)2/h3-7,10-11,15,20H,8-9,12H2,1-2H3. The third kappa shape index (κ3) is 2.95. The van der Waals surface area contributed by atoms with Crippen molar-refractivity contribution in [1.29, 1.82) is 0 Å². The fraction of sp³-hybridized carbons (Fsp3) is 0.316. The van der Waals surface area contributed by atoms with E-state index in [1.165, 1.54) is 0 Å². The van der Waals surface area contributed by atoms with Crippen LogP contribution in [0.1, 0.15) is 18.5 Å². The number of rotatable bonds is 4. The molecule has 1 unspecified atom stereocenters. The number of aryl methyl sites for hydroxylation is 1. The smallest absolute Gasteiger partial charge is 0.222 e. The number of carbonyl (C=O) groups excluding carboxylic acids is 1. The molecule has 1 amide bonds. The summed E-state index contributed by atoms with van der Waals surface area (Å²) in [6.07, 6.45) is 1.52. The SMILES string of the molecule is Cc1cc2nc(-c3ccccc3)cc(NCC3CCC(=O)N3C)n2n1.